The quantitative estimate of drug-likeness (QED) is 0.605. The third-order valence-electron chi connectivity index (χ3n) is 4.81. The smallest absolute Gasteiger partial charge is 0.235 e. The number of hydrogen-bond acceptors (Lipinski definition) is 1. The number of nitrogens with zero attached hydrogens (tertiary/aromatic N) is 1. The van der Waals surface area contributed by atoms with Crippen LogP contribution in [0.1, 0.15) is 35.6 Å². The first-order valence-corrected chi connectivity index (χ1v) is 8.77. The van der Waals surface area contributed by atoms with E-state index in [1.807, 2.05) is 66.4 Å². The molecular weight excluding hydrogens is 330 g/mol. The number of rotatable bonds is 3. The molecule has 0 saturated heterocycles. The lowest BCUT2D eigenvalue weighted by Crippen LogP contribution is -2.33. The molecule has 0 saturated carbocycles. The van der Waals surface area contributed by atoms with Crippen LogP contribution < -0.4 is 4.90 Å². The third kappa shape index (κ3) is 2.73. The molecule has 0 N–H and O–H groups in total. The molecule has 0 aromatic heterocycles. The molecule has 1 aliphatic rings. The number of amides is 1. The van der Waals surface area contributed by atoms with E-state index >= 15 is 0 Å². The fourth-order valence-corrected chi connectivity index (χ4v) is 3.76. The summed E-state index contributed by atoms with van der Waals surface area (Å²) < 4.78 is 0. The van der Waals surface area contributed by atoms with E-state index in [0.29, 0.717) is 5.02 Å². The van der Waals surface area contributed by atoms with Crippen molar-refractivity contribution in [3.8, 4) is 0 Å². The lowest BCUT2D eigenvalue weighted by Gasteiger charge is -2.30. The van der Waals surface area contributed by atoms with Crippen molar-refractivity contribution in [3.63, 3.8) is 0 Å². The van der Waals surface area contributed by atoms with E-state index < -0.39 is 0 Å². The zero-order valence-corrected chi connectivity index (χ0v) is 14.6. The first kappa shape index (κ1) is 15.9. The summed E-state index contributed by atoms with van der Waals surface area (Å²) in [6.07, 6.45) is 0. The standard InChI is InChI=1S/C22H18ClNO/c1-15-19-14-18(23)12-13-20(19)24(22(15)25)21(16-8-4-2-5-9-16)17-10-6-3-7-11-17/h2-15,21H,1H3/t15-/m1/s1. The Labute approximate surface area is 152 Å². The molecule has 3 aromatic carbocycles. The van der Waals surface area contributed by atoms with Gasteiger partial charge in [-0.15, -0.1) is 0 Å². The predicted octanol–water partition coefficient (Wildman–Crippen LogP) is 5.58. The van der Waals surface area contributed by atoms with Gasteiger partial charge in [0.05, 0.1) is 12.0 Å². The average molecular weight is 348 g/mol. The fraction of sp³-hybridized carbons (Fsp3) is 0.136. The van der Waals surface area contributed by atoms with Crippen molar-refractivity contribution >= 4 is 23.2 Å². The minimum absolute atomic E-state index is 0.106. The molecule has 1 aliphatic heterocycles. The van der Waals surface area contributed by atoms with Gasteiger partial charge in [-0.2, -0.15) is 0 Å². The first-order valence-electron chi connectivity index (χ1n) is 8.39. The van der Waals surface area contributed by atoms with Crippen LogP contribution in [0.4, 0.5) is 5.69 Å². The highest BCUT2D eigenvalue weighted by molar-refractivity contribution is 6.31. The van der Waals surface area contributed by atoms with Gasteiger partial charge in [0.15, 0.2) is 0 Å². The Balaban J connectivity index is 1.91. The molecule has 3 heteroatoms. The van der Waals surface area contributed by atoms with E-state index in [9.17, 15) is 4.79 Å². The van der Waals surface area contributed by atoms with Gasteiger partial charge < -0.3 is 0 Å². The van der Waals surface area contributed by atoms with E-state index in [1.165, 1.54) is 0 Å². The lowest BCUT2D eigenvalue weighted by atomic mass is 9.97. The number of anilines is 1. The zero-order valence-electron chi connectivity index (χ0n) is 13.9. The second-order valence-corrected chi connectivity index (χ2v) is 6.79. The minimum Gasteiger partial charge on any atom is -0.300 e. The summed E-state index contributed by atoms with van der Waals surface area (Å²) in [5.74, 6) is -0.0846. The predicted molar refractivity (Wildman–Crippen MR) is 102 cm³/mol. The second-order valence-electron chi connectivity index (χ2n) is 6.36. The highest BCUT2D eigenvalue weighted by Gasteiger charge is 2.39. The van der Waals surface area contributed by atoms with E-state index in [-0.39, 0.29) is 17.9 Å². The molecule has 3 aromatic rings. The number of carbonyl (C=O) groups excluding carboxylic acids is 1. The van der Waals surface area contributed by atoms with E-state index in [2.05, 4.69) is 24.3 Å². The van der Waals surface area contributed by atoms with Gasteiger partial charge in [-0.1, -0.05) is 72.3 Å². The number of benzene rings is 3. The van der Waals surface area contributed by atoms with Gasteiger partial charge in [-0.05, 0) is 41.8 Å². The molecule has 25 heavy (non-hydrogen) atoms. The van der Waals surface area contributed by atoms with Crippen LogP contribution in [-0.2, 0) is 4.79 Å². The molecule has 0 unspecified atom stereocenters. The van der Waals surface area contributed by atoms with Gasteiger partial charge in [0.25, 0.3) is 0 Å². The molecule has 0 spiro atoms. The topological polar surface area (TPSA) is 20.3 Å². The van der Waals surface area contributed by atoms with Crippen LogP contribution in [0.3, 0.4) is 0 Å². The molecule has 124 valence electrons. The van der Waals surface area contributed by atoms with Gasteiger partial charge in [-0.25, -0.2) is 0 Å². The maximum absolute atomic E-state index is 13.1. The molecule has 1 amide bonds. The molecule has 2 nitrogen and oxygen atoms in total. The van der Waals surface area contributed by atoms with Crippen LogP contribution >= 0.6 is 11.6 Å². The Kier molecular flexibility index (Phi) is 4.06. The second kappa shape index (κ2) is 6.38. The van der Waals surface area contributed by atoms with Crippen molar-refractivity contribution in [1.29, 1.82) is 0 Å². The molecule has 1 heterocycles. The maximum atomic E-state index is 13.1. The highest BCUT2D eigenvalue weighted by Crippen LogP contribution is 2.44. The summed E-state index contributed by atoms with van der Waals surface area (Å²) in [6.45, 7) is 1.95. The van der Waals surface area contributed by atoms with Crippen molar-refractivity contribution in [3.05, 3.63) is 101 Å². The summed E-state index contributed by atoms with van der Waals surface area (Å²) in [5, 5.41) is 0.663. The Morgan fingerprint density at radius 2 is 1.44 bits per heavy atom. The number of fused-ring (bicyclic) bond motifs is 1. The van der Waals surface area contributed by atoms with Crippen LogP contribution in [0.2, 0.25) is 5.02 Å². The van der Waals surface area contributed by atoms with Gasteiger partial charge >= 0.3 is 0 Å². The van der Waals surface area contributed by atoms with Gasteiger partial charge in [-0.3, -0.25) is 9.69 Å². The lowest BCUT2D eigenvalue weighted by molar-refractivity contribution is -0.119. The molecule has 1 atom stereocenters. The van der Waals surface area contributed by atoms with Crippen molar-refractivity contribution in [2.45, 2.75) is 18.9 Å². The monoisotopic (exact) mass is 347 g/mol. The largest absolute Gasteiger partial charge is 0.300 e. The molecule has 0 fully saturated rings. The van der Waals surface area contributed by atoms with Crippen molar-refractivity contribution in [1.82, 2.24) is 0 Å². The molecular formula is C22H18ClNO. The molecule has 0 aliphatic carbocycles. The van der Waals surface area contributed by atoms with Crippen LogP contribution in [0.25, 0.3) is 0 Å². The SMILES string of the molecule is C[C@H]1C(=O)N(C(c2ccccc2)c2ccccc2)c2ccc(Cl)cc21. The summed E-state index contributed by atoms with van der Waals surface area (Å²) in [6, 6.07) is 25.9. The fourth-order valence-electron chi connectivity index (χ4n) is 3.58. The summed E-state index contributed by atoms with van der Waals surface area (Å²) in [7, 11) is 0. The van der Waals surface area contributed by atoms with E-state index in [1.54, 1.807) is 0 Å². The minimum atomic E-state index is -0.191. The third-order valence-corrected chi connectivity index (χ3v) is 5.05. The van der Waals surface area contributed by atoms with Crippen LogP contribution in [0.15, 0.2) is 78.9 Å². The van der Waals surface area contributed by atoms with Gasteiger partial charge in [0.2, 0.25) is 5.91 Å². The van der Waals surface area contributed by atoms with E-state index in [4.69, 9.17) is 11.6 Å². The summed E-state index contributed by atoms with van der Waals surface area (Å²) in [5.41, 5.74) is 4.13. The Morgan fingerprint density at radius 3 is 2.00 bits per heavy atom. The maximum Gasteiger partial charge on any atom is 0.235 e. The molecule has 0 radical (unpaired) electrons. The normalized spacial score (nSPS) is 16.4. The zero-order chi connectivity index (χ0) is 17.4. The first-order chi connectivity index (χ1) is 12.2. The van der Waals surface area contributed by atoms with Crippen molar-refractivity contribution in [2.75, 3.05) is 4.90 Å². The van der Waals surface area contributed by atoms with Crippen LogP contribution in [0, 0.1) is 0 Å². The Hall–Kier alpha value is -2.58. The Bertz CT molecular complexity index is 868. The van der Waals surface area contributed by atoms with Crippen LogP contribution in [-0.4, -0.2) is 5.91 Å². The average Bonchev–Trinajstić information content (AvgIpc) is 2.89. The number of hydrogen-bond donors (Lipinski definition) is 0. The summed E-state index contributed by atoms with van der Waals surface area (Å²) in [4.78, 5) is 15.1. The number of halogens is 1. The van der Waals surface area contributed by atoms with Gasteiger partial charge in [0, 0.05) is 10.7 Å². The van der Waals surface area contributed by atoms with E-state index in [0.717, 1.165) is 22.4 Å². The molecule has 0 bridgehead atoms. The molecule has 4 rings (SSSR count). The van der Waals surface area contributed by atoms with Crippen molar-refractivity contribution < 1.29 is 4.79 Å². The van der Waals surface area contributed by atoms with Crippen LogP contribution in [0.5, 0.6) is 0 Å². The highest BCUT2D eigenvalue weighted by atomic mass is 35.5. The number of carbonyl (C=O) groups is 1. The summed E-state index contributed by atoms with van der Waals surface area (Å²) >= 11 is 6.17. The Morgan fingerprint density at radius 1 is 0.880 bits per heavy atom. The van der Waals surface area contributed by atoms with Crippen molar-refractivity contribution in [2.24, 2.45) is 0 Å². The van der Waals surface area contributed by atoms with Gasteiger partial charge in [0.1, 0.15) is 0 Å².